The van der Waals surface area contributed by atoms with Gasteiger partial charge in [-0.25, -0.2) is 4.79 Å². The standard InChI is InChI=1S/C36H59N5O7S/c1-11-15-27(29(42)20-26(22(2)3)32(44)38-24(6)31(43)37-21-25-16-13-12-14-17-25)39-33(45)28(18-19-49-10)40-34(46)30(23(4)5)41-35(47)48-36(7,8)9/h11-14,16-17,22-24,26-30,42H,1,15,18-21H2,2-10H3,(H,37,43)(H,38,44)(H,39,45)(H,40,46)(H,41,47)/t24-,26-,27-,28-,29-,30-/m0/s1. The summed E-state index contributed by atoms with van der Waals surface area (Å²) in [5.74, 6) is -2.37. The maximum absolute atomic E-state index is 13.6. The van der Waals surface area contributed by atoms with Crippen LogP contribution in [0.3, 0.4) is 0 Å². The van der Waals surface area contributed by atoms with Gasteiger partial charge in [-0.1, -0.05) is 64.1 Å². The zero-order chi connectivity index (χ0) is 37.3. The molecule has 1 aromatic rings. The number of benzene rings is 1. The Labute approximate surface area is 296 Å². The molecule has 0 bridgehead atoms. The van der Waals surface area contributed by atoms with Crippen molar-refractivity contribution < 1.29 is 33.8 Å². The summed E-state index contributed by atoms with van der Waals surface area (Å²) in [5.41, 5.74) is 0.175. The van der Waals surface area contributed by atoms with Crippen molar-refractivity contribution in [2.24, 2.45) is 17.8 Å². The van der Waals surface area contributed by atoms with Crippen LogP contribution in [0.2, 0.25) is 0 Å². The van der Waals surface area contributed by atoms with Crippen LogP contribution in [-0.2, 0) is 30.5 Å². The first kappa shape index (κ1) is 43.4. The number of carbonyl (C=O) groups excluding carboxylic acids is 5. The molecule has 0 unspecified atom stereocenters. The number of thioether (sulfide) groups is 1. The van der Waals surface area contributed by atoms with Crippen molar-refractivity contribution in [1.82, 2.24) is 26.6 Å². The van der Waals surface area contributed by atoms with Crippen molar-refractivity contribution in [2.75, 3.05) is 12.0 Å². The van der Waals surface area contributed by atoms with Gasteiger partial charge in [-0.05, 0) is 76.4 Å². The molecule has 49 heavy (non-hydrogen) atoms. The SMILES string of the molecule is C=CC[C@H](NC(=O)[C@H](CCSC)NC(=O)[C@@H](NC(=O)OC(C)(C)C)C(C)C)[C@@H](O)C[C@H](C(=O)N[C@@H](C)C(=O)NCc1ccccc1)C(C)C. The number of carbonyl (C=O) groups is 5. The molecule has 276 valence electrons. The summed E-state index contributed by atoms with van der Waals surface area (Å²) in [6.45, 7) is 18.1. The van der Waals surface area contributed by atoms with Gasteiger partial charge in [0.2, 0.25) is 23.6 Å². The van der Waals surface area contributed by atoms with Crippen LogP contribution >= 0.6 is 11.8 Å². The number of aliphatic hydroxyl groups is 1. The third-order valence-corrected chi connectivity index (χ3v) is 8.42. The molecule has 6 N–H and O–H groups in total. The van der Waals surface area contributed by atoms with Crippen molar-refractivity contribution in [3.63, 3.8) is 0 Å². The molecule has 0 aliphatic rings. The molecular formula is C36H59N5O7S. The number of amides is 5. The Bertz CT molecular complexity index is 1220. The Hall–Kier alpha value is -3.58. The van der Waals surface area contributed by atoms with E-state index in [1.54, 1.807) is 47.6 Å². The molecule has 13 heteroatoms. The lowest BCUT2D eigenvalue weighted by Gasteiger charge is -2.31. The summed E-state index contributed by atoms with van der Waals surface area (Å²) in [5, 5.41) is 25.1. The zero-order valence-electron chi connectivity index (χ0n) is 30.6. The number of rotatable bonds is 20. The molecule has 1 aromatic carbocycles. The average molecular weight is 706 g/mol. The first-order chi connectivity index (χ1) is 22.9. The highest BCUT2D eigenvalue weighted by atomic mass is 32.2. The van der Waals surface area contributed by atoms with Gasteiger partial charge in [0.15, 0.2) is 0 Å². The van der Waals surface area contributed by atoms with E-state index in [-0.39, 0.29) is 36.5 Å². The minimum absolute atomic E-state index is 0.0116. The molecule has 6 atom stereocenters. The van der Waals surface area contributed by atoms with E-state index in [0.29, 0.717) is 18.7 Å². The van der Waals surface area contributed by atoms with Crippen molar-refractivity contribution in [3.8, 4) is 0 Å². The largest absolute Gasteiger partial charge is 0.444 e. The highest BCUT2D eigenvalue weighted by Crippen LogP contribution is 2.21. The zero-order valence-corrected chi connectivity index (χ0v) is 31.4. The lowest BCUT2D eigenvalue weighted by atomic mass is 9.86. The Balaban J connectivity index is 2.99. The monoisotopic (exact) mass is 705 g/mol. The number of nitrogens with one attached hydrogen (secondary N) is 5. The van der Waals surface area contributed by atoms with Crippen LogP contribution in [0.4, 0.5) is 4.79 Å². The Morgan fingerprint density at radius 2 is 1.51 bits per heavy atom. The van der Waals surface area contributed by atoms with Gasteiger partial charge >= 0.3 is 6.09 Å². The molecule has 12 nitrogen and oxygen atoms in total. The molecule has 0 spiro atoms. The maximum atomic E-state index is 13.6. The number of aliphatic hydroxyl groups excluding tert-OH is 1. The smallest absolute Gasteiger partial charge is 0.408 e. The minimum Gasteiger partial charge on any atom is -0.444 e. The van der Waals surface area contributed by atoms with Crippen LogP contribution in [0.25, 0.3) is 0 Å². The average Bonchev–Trinajstić information content (AvgIpc) is 3.01. The quantitative estimate of drug-likeness (QED) is 0.111. The van der Waals surface area contributed by atoms with Gasteiger partial charge in [0, 0.05) is 12.5 Å². The lowest BCUT2D eigenvalue weighted by Crippen LogP contribution is -2.57. The summed E-state index contributed by atoms with van der Waals surface area (Å²) >= 11 is 1.51. The van der Waals surface area contributed by atoms with E-state index >= 15 is 0 Å². The molecule has 0 heterocycles. The fraction of sp³-hybridized carbons (Fsp3) is 0.639. The van der Waals surface area contributed by atoms with Gasteiger partial charge in [0.05, 0.1) is 12.1 Å². The van der Waals surface area contributed by atoms with Gasteiger partial charge < -0.3 is 36.4 Å². The van der Waals surface area contributed by atoms with Crippen molar-refractivity contribution in [2.45, 2.75) is 117 Å². The van der Waals surface area contributed by atoms with Gasteiger partial charge in [-0.15, -0.1) is 6.58 Å². The van der Waals surface area contributed by atoms with E-state index in [9.17, 15) is 29.1 Å². The summed E-state index contributed by atoms with van der Waals surface area (Å²) < 4.78 is 5.32. The van der Waals surface area contributed by atoms with Gasteiger partial charge in [-0.2, -0.15) is 11.8 Å². The summed E-state index contributed by atoms with van der Waals surface area (Å²) in [4.78, 5) is 65.4. The third-order valence-electron chi connectivity index (χ3n) is 7.78. The molecule has 1 rings (SSSR count). The van der Waals surface area contributed by atoms with E-state index < -0.39 is 59.7 Å². The first-order valence-electron chi connectivity index (χ1n) is 16.9. The highest BCUT2D eigenvalue weighted by Gasteiger charge is 2.34. The van der Waals surface area contributed by atoms with Crippen LogP contribution in [-0.4, -0.2) is 82.7 Å². The highest BCUT2D eigenvalue weighted by molar-refractivity contribution is 7.98. The Morgan fingerprint density at radius 1 is 0.878 bits per heavy atom. The Kier molecular flexibility index (Phi) is 19.1. The third kappa shape index (κ3) is 16.6. The van der Waals surface area contributed by atoms with Gasteiger partial charge in [0.1, 0.15) is 23.7 Å². The van der Waals surface area contributed by atoms with Gasteiger partial charge in [-0.3, -0.25) is 19.2 Å². The maximum Gasteiger partial charge on any atom is 0.408 e. The molecule has 0 fully saturated rings. The summed E-state index contributed by atoms with van der Waals surface area (Å²) in [6, 6.07) is 5.90. The van der Waals surface area contributed by atoms with Crippen molar-refractivity contribution >= 4 is 41.5 Å². The van der Waals surface area contributed by atoms with Crippen LogP contribution in [0.5, 0.6) is 0 Å². The van der Waals surface area contributed by atoms with E-state index in [1.165, 1.54) is 11.8 Å². The molecule has 0 aliphatic carbocycles. The molecule has 0 radical (unpaired) electrons. The fourth-order valence-electron chi connectivity index (χ4n) is 4.94. The second-order valence-corrected chi connectivity index (χ2v) is 14.9. The molecule has 0 saturated heterocycles. The normalized spacial score (nSPS) is 15.2. The Morgan fingerprint density at radius 3 is 2.04 bits per heavy atom. The van der Waals surface area contributed by atoms with Crippen LogP contribution < -0.4 is 26.6 Å². The van der Waals surface area contributed by atoms with E-state index in [4.69, 9.17) is 4.74 Å². The van der Waals surface area contributed by atoms with E-state index in [1.807, 2.05) is 50.4 Å². The number of ether oxygens (including phenoxy) is 1. The topological polar surface area (TPSA) is 175 Å². The summed E-state index contributed by atoms with van der Waals surface area (Å²) in [6.07, 6.45) is 2.07. The van der Waals surface area contributed by atoms with Crippen molar-refractivity contribution in [3.05, 3.63) is 48.6 Å². The van der Waals surface area contributed by atoms with Crippen molar-refractivity contribution in [1.29, 1.82) is 0 Å². The molecule has 0 saturated carbocycles. The second kappa shape index (κ2) is 21.5. The van der Waals surface area contributed by atoms with E-state index in [0.717, 1.165) is 5.56 Å². The number of hydrogen-bond acceptors (Lipinski definition) is 8. The van der Waals surface area contributed by atoms with Gasteiger partial charge in [0.25, 0.3) is 0 Å². The van der Waals surface area contributed by atoms with Crippen LogP contribution in [0, 0.1) is 17.8 Å². The minimum atomic E-state index is -1.14. The molecule has 0 aromatic heterocycles. The molecular weight excluding hydrogens is 646 g/mol. The predicted molar refractivity (Wildman–Crippen MR) is 195 cm³/mol. The fourth-order valence-corrected chi connectivity index (χ4v) is 5.41. The first-order valence-corrected chi connectivity index (χ1v) is 18.3. The summed E-state index contributed by atoms with van der Waals surface area (Å²) in [7, 11) is 0. The second-order valence-electron chi connectivity index (χ2n) is 13.9. The molecule has 5 amide bonds. The number of hydrogen-bond donors (Lipinski definition) is 6. The molecule has 0 aliphatic heterocycles. The van der Waals surface area contributed by atoms with Crippen LogP contribution in [0.15, 0.2) is 43.0 Å². The van der Waals surface area contributed by atoms with E-state index in [2.05, 4.69) is 33.2 Å². The lowest BCUT2D eigenvalue weighted by molar-refractivity contribution is -0.133. The predicted octanol–water partition coefficient (Wildman–Crippen LogP) is 3.68. The van der Waals surface area contributed by atoms with Crippen LogP contribution in [0.1, 0.15) is 80.2 Å². The number of alkyl carbamates (subject to hydrolysis) is 1.